The summed E-state index contributed by atoms with van der Waals surface area (Å²) in [5.41, 5.74) is 1.74. The van der Waals surface area contributed by atoms with Gasteiger partial charge in [0.15, 0.2) is 0 Å². The first kappa shape index (κ1) is 20.6. The first-order valence-electron chi connectivity index (χ1n) is 8.70. The van der Waals surface area contributed by atoms with Crippen LogP contribution < -0.4 is 4.72 Å². The van der Waals surface area contributed by atoms with Gasteiger partial charge in [-0.25, -0.2) is 13.1 Å². The van der Waals surface area contributed by atoms with Gasteiger partial charge in [0, 0.05) is 6.54 Å². The summed E-state index contributed by atoms with van der Waals surface area (Å²) in [5.74, 6) is -0.665. The Bertz CT molecular complexity index is 582. The normalized spacial score (nSPS) is 11.5. The second-order valence-corrected chi connectivity index (χ2v) is 8.04. The number of benzene rings is 1. The number of carboxylic acids is 1. The molecule has 1 rings (SSSR count). The summed E-state index contributed by atoms with van der Waals surface area (Å²) in [4.78, 5) is 10.6. The number of nitrogens with one attached hydrogen (secondary N) is 1. The van der Waals surface area contributed by atoms with Crippen LogP contribution in [0.3, 0.4) is 0 Å². The van der Waals surface area contributed by atoms with Gasteiger partial charge in [0.1, 0.15) is 0 Å². The number of carbonyl (C=O) groups is 1. The molecule has 0 radical (unpaired) electrons. The van der Waals surface area contributed by atoms with Crippen LogP contribution in [0.1, 0.15) is 56.6 Å². The van der Waals surface area contributed by atoms with Gasteiger partial charge in [0.25, 0.3) is 0 Å². The molecule has 0 heterocycles. The Labute approximate surface area is 145 Å². The van der Waals surface area contributed by atoms with Crippen LogP contribution >= 0.6 is 0 Å². The minimum absolute atomic E-state index is 0.00512. The SMILES string of the molecule is CCCCCCCCS(=O)(=O)NCCc1ccc(CC(=O)O)cc1. The van der Waals surface area contributed by atoms with Gasteiger partial charge in [-0.05, 0) is 24.0 Å². The lowest BCUT2D eigenvalue weighted by atomic mass is 10.1. The van der Waals surface area contributed by atoms with E-state index in [2.05, 4.69) is 11.6 Å². The van der Waals surface area contributed by atoms with Gasteiger partial charge in [0.2, 0.25) is 10.0 Å². The topological polar surface area (TPSA) is 83.5 Å². The van der Waals surface area contributed by atoms with Crippen molar-refractivity contribution in [2.45, 2.75) is 58.3 Å². The highest BCUT2D eigenvalue weighted by molar-refractivity contribution is 7.89. The molecule has 0 bridgehead atoms. The molecule has 0 atom stereocenters. The summed E-state index contributed by atoms with van der Waals surface area (Å²) < 4.78 is 26.5. The van der Waals surface area contributed by atoms with Gasteiger partial charge in [0.05, 0.1) is 12.2 Å². The van der Waals surface area contributed by atoms with Crippen molar-refractivity contribution >= 4 is 16.0 Å². The molecule has 0 aliphatic heterocycles. The molecule has 5 nitrogen and oxygen atoms in total. The summed E-state index contributed by atoms with van der Waals surface area (Å²) in [7, 11) is -3.20. The monoisotopic (exact) mass is 355 g/mol. The lowest BCUT2D eigenvalue weighted by Crippen LogP contribution is -2.28. The predicted molar refractivity (Wildman–Crippen MR) is 96.7 cm³/mol. The standard InChI is InChI=1S/C18H29NO4S/c1-2-3-4-5-6-7-14-24(22,23)19-13-12-16-8-10-17(11-9-16)15-18(20)21/h8-11,19H,2-7,12-15H2,1H3,(H,20,21). The maximum absolute atomic E-state index is 11.9. The van der Waals surface area contributed by atoms with E-state index >= 15 is 0 Å². The smallest absolute Gasteiger partial charge is 0.307 e. The van der Waals surface area contributed by atoms with Crippen LogP contribution in [0.15, 0.2) is 24.3 Å². The number of rotatable bonds is 13. The molecule has 0 fully saturated rings. The Balaban J connectivity index is 2.23. The van der Waals surface area contributed by atoms with E-state index in [1.54, 1.807) is 12.1 Å². The van der Waals surface area contributed by atoms with Gasteiger partial charge < -0.3 is 5.11 Å². The fourth-order valence-corrected chi connectivity index (χ4v) is 3.64. The highest BCUT2D eigenvalue weighted by atomic mass is 32.2. The first-order valence-corrected chi connectivity index (χ1v) is 10.3. The third kappa shape index (κ3) is 9.67. The van der Waals surface area contributed by atoms with E-state index < -0.39 is 16.0 Å². The second kappa shape index (κ2) is 11.2. The van der Waals surface area contributed by atoms with Gasteiger partial charge in [-0.15, -0.1) is 0 Å². The molecule has 0 unspecified atom stereocenters. The summed E-state index contributed by atoms with van der Waals surface area (Å²) in [5, 5.41) is 8.72. The van der Waals surface area contributed by atoms with Crippen LogP contribution in [-0.4, -0.2) is 31.8 Å². The van der Waals surface area contributed by atoms with E-state index in [1.165, 1.54) is 19.3 Å². The van der Waals surface area contributed by atoms with E-state index in [-0.39, 0.29) is 12.2 Å². The molecule has 24 heavy (non-hydrogen) atoms. The number of carboxylic acid groups (broad SMARTS) is 1. The molecule has 0 saturated heterocycles. The van der Waals surface area contributed by atoms with E-state index in [1.807, 2.05) is 12.1 Å². The first-order chi connectivity index (χ1) is 11.4. The molecule has 0 aromatic heterocycles. The van der Waals surface area contributed by atoms with Crippen molar-refractivity contribution in [3.8, 4) is 0 Å². The van der Waals surface area contributed by atoms with Gasteiger partial charge in [-0.3, -0.25) is 4.79 Å². The maximum atomic E-state index is 11.9. The molecule has 0 aliphatic carbocycles. The summed E-state index contributed by atoms with van der Waals surface area (Å²) in [6.07, 6.45) is 6.98. The Hall–Kier alpha value is -1.40. The number of sulfonamides is 1. The highest BCUT2D eigenvalue weighted by Gasteiger charge is 2.09. The molecule has 2 N–H and O–H groups in total. The zero-order valence-corrected chi connectivity index (χ0v) is 15.3. The molecular weight excluding hydrogens is 326 g/mol. The van der Waals surface area contributed by atoms with E-state index in [0.717, 1.165) is 24.0 Å². The quantitative estimate of drug-likeness (QED) is 0.533. The van der Waals surface area contributed by atoms with Gasteiger partial charge >= 0.3 is 5.97 Å². The van der Waals surface area contributed by atoms with Crippen LogP contribution in [-0.2, 0) is 27.7 Å². The number of unbranched alkanes of at least 4 members (excludes halogenated alkanes) is 5. The van der Waals surface area contributed by atoms with Crippen LogP contribution in [0, 0.1) is 0 Å². The lowest BCUT2D eigenvalue weighted by molar-refractivity contribution is -0.136. The molecule has 0 amide bonds. The van der Waals surface area contributed by atoms with E-state index in [9.17, 15) is 13.2 Å². The minimum atomic E-state index is -3.20. The summed E-state index contributed by atoms with van der Waals surface area (Å²) in [6.45, 7) is 2.53. The molecule has 0 saturated carbocycles. The zero-order chi connectivity index (χ0) is 17.8. The highest BCUT2D eigenvalue weighted by Crippen LogP contribution is 2.07. The van der Waals surface area contributed by atoms with Gasteiger partial charge in [-0.2, -0.15) is 0 Å². The summed E-state index contributed by atoms with van der Waals surface area (Å²) >= 11 is 0. The molecule has 6 heteroatoms. The van der Waals surface area contributed by atoms with Crippen molar-refractivity contribution in [3.05, 3.63) is 35.4 Å². The Morgan fingerprint density at radius 2 is 1.58 bits per heavy atom. The number of hydrogen-bond donors (Lipinski definition) is 2. The van der Waals surface area contributed by atoms with E-state index in [0.29, 0.717) is 19.4 Å². The van der Waals surface area contributed by atoms with Crippen molar-refractivity contribution in [1.82, 2.24) is 4.72 Å². The van der Waals surface area contributed by atoms with Crippen molar-refractivity contribution in [1.29, 1.82) is 0 Å². The van der Waals surface area contributed by atoms with Crippen LogP contribution in [0.5, 0.6) is 0 Å². The second-order valence-electron chi connectivity index (χ2n) is 6.12. The Kier molecular flexibility index (Phi) is 9.64. The predicted octanol–water partition coefficient (Wildman–Crippen LogP) is 3.14. The van der Waals surface area contributed by atoms with Crippen molar-refractivity contribution < 1.29 is 18.3 Å². The number of hydrogen-bond acceptors (Lipinski definition) is 3. The molecule has 1 aromatic carbocycles. The lowest BCUT2D eigenvalue weighted by Gasteiger charge is -2.07. The fourth-order valence-electron chi connectivity index (χ4n) is 2.49. The fraction of sp³-hybridized carbons (Fsp3) is 0.611. The largest absolute Gasteiger partial charge is 0.481 e. The van der Waals surface area contributed by atoms with Gasteiger partial charge in [-0.1, -0.05) is 63.3 Å². The Morgan fingerprint density at radius 3 is 2.21 bits per heavy atom. The molecule has 0 spiro atoms. The molecule has 0 aliphatic rings. The molecule has 136 valence electrons. The average Bonchev–Trinajstić information content (AvgIpc) is 2.52. The molecule has 1 aromatic rings. The number of aliphatic carboxylic acids is 1. The van der Waals surface area contributed by atoms with Crippen LogP contribution in [0.25, 0.3) is 0 Å². The third-order valence-corrected chi connectivity index (χ3v) is 5.35. The Morgan fingerprint density at radius 1 is 1.00 bits per heavy atom. The average molecular weight is 356 g/mol. The summed E-state index contributed by atoms with van der Waals surface area (Å²) in [6, 6.07) is 7.24. The minimum Gasteiger partial charge on any atom is -0.481 e. The molecular formula is C18H29NO4S. The van der Waals surface area contributed by atoms with E-state index in [4.69, 9.17) is 5.11 Å². The zero-order valence-electron chi connectivity index (χ0n) is 14.5. The van der Waals surface area contributed by atoms with Crippen molar-refractivity contribution in [3.63, 3.8) is 0 Å². The van der Waals surface area contributed by atoms with Crippen molar-refractivity contribution in [2.24, 2.45) is 0 Å². The maximum Gasteiger partial charge on any atom is 0.307 e. The van der Waals surface area contributed by atoms with Crippen molar-refractivity contribution in [2.75, 3.05) is 12.3 Å². The van der Waals surface area contributed by atoms with Crippen LogP contribution in [0.2, 0.25) is 0 Å². The third-order valence-electron chi connectivity index (χ3n) is 3.88. The van der Waals surface area contributed by atoms with Crippen LogP contribution in [0.4, 0.5) is 0 Å².